The highest BCUT2D eigenvalue weighted by molar-refractivity contribution is 6.08. The van der Waals surface area contributed by atoms with Gasteiger partial charge in [-0.25, -0.2) is 19.9 Å². The summed E-state index contributed by atoms with van der Waals surface area (Å²) >= 11 is 0. The molecule has 0 unspecified atom stereocenters. The van der Waals surface area contributed by atoms with Gasteiger partial charge < -0.3 is 14.8 Å². The summed E-state index contributed by atoms with van der Waals surface area (Å²) in [6.45, 7) is 2.04. The van der Waals surface area contributed by atoms with E-state index < -0.39 is 0 Å². The Labute approximate surface area is 202 Å². The van der Waals surface area contributed by atoms with E-state index >= 15 is 0 Å². The predicted octanol–water partition coefficient (Wildman–Crippen LogP) is 3.45. The van der Waals surface area contributed by atoms with Crippen molar-refractivity contribution in [3.05, 3.63) is 72.6 Å². The van der Waals surface area contributed by atoms with E-state index in [4.69, 9.17) is 0 Å². The van der Waals surface area contributed by atoms with Gasteiger partial charge in [-0.3, -0.25) is 9.36 Å². The topological polar surface area (TPSA) is 95.8 Å². The first-order valence-electron chi connectivity index (χ1n) is 11.8. The van der Waals surface area contributed by atoms with Gasteiger partial charge in [0.05, 0.1) is 16.6 Å². The minimum absolute atomic E-state index is 0.180. The molecule has 1 aliphatic rings. The van der Waals surface area contributed by atoms with Crippen molar-refractivity contribution in [1.82, 2.24) is 34.4 Å². The zero-order chi connectivity index (χ0) is 23.9. The number of H-pyrrole nitrogens is 1. The van der Waals surface area contributed by atoms with Crippen LogP contribution in [0.15, 0.2) is 61.2 Å². The van der Waals surface area contributed by atoms with Crippen LogP contribution in [-0.4, -0.2) is 73.4 Å². The number of nitrogens with zero attached hydrogens (tertiary/aromatic N) is 7. The highest BCUT2D eigenvalue weighted by Gasteiger charge is 2.22. The maximum absolute atomic E-state index is 13.3. The maximum Gasteiger partial charge on any atom is 0.228 e. The summed E-state index contributed by atoms with van der Waals surface area (Å²) in [5.41, 5.74) is 4.76. The molecule has 9 nitrogen and oxygen atoms in total. The smallest absolute Gasteiger partial charge is 0.228 e. The number of aromatic nitrogens is 6. The van der Waals surface area contributed by atoms with Gasteiger partial charge >= 0.3 is 0 Å². The SMILES string of the molecule is CN(C)C1CCN(c2ccc3nc(C(=O)c4ccnc(-n5cnc6ncccc65)c4)[nH]c3c2)CC1. The Balaban J connectivity index is 1.26. The predicted molar refractivity (Wildman–Crippen MR) is 135 cm³/mol. The van der Waals surface area contributed by atoms with Gasteiger partial charge in [0.25, 0.3) is 0 Å². The number of piperidine rings is 1. The molecule has 4 aromatic heterocycles. The van der Waals surface area contributed by atoms with Crippen molar-refractivity contribution in [2.45, 2.75) is 18.9 Å². The van der Waals surface area contributed by atoms with E-state index in [9.17, 15) is 4.79 Å². The Morgan fingerprint density at radius 1 is 1.03 bits per heavy atom. The van der Waals surface area contributed by atoms with Gasteiger partial charge in [0.1, 0.15) is 12.1 Å². The average Bonchev–Trinajstić information content (AvgIpc) is 3.52. The molecule has 1 fully saturated rings. The lowest BCUT2D eigenvalue weighted by atomic mass is 10.0. The van der Waals surface area contributed by atoms with Crippen LogP contribution in [0.3, 0.4) is 0 Å². The summed E-state index contributed by atoms with van der Waals surface area (Å²) in [6, 6.07) is 14.0. The number of imidazole rings is 2. The fourth-order valence-electron chi connectivity index (χ4n) is 4.80. The van der Waals surface area contributed by atoms with E-state index in [1.165, 1.54) is 0 Å². The second-order valence-electron chi connectivity index (χ2n) is 9.16. The van der Waals surface area contributed by atoms with Gasteiger partial charge in [-0.1, -0.05) is 0 Å². The van der Waals surface area contributed by atoms with E-state index in [1.54, 1.807) is 30.9 Å². The molecular weight excluding hydrogens is 440 g/mol. The molecule has 6 rings (SSSR count). The first kappa shape index (κ1) is 21.4. The molecule has 0 saturated carbocycles. The quantitative estimate of drug-likeness (QED) is 0.396. The summed E-state index contributed by atoms with van der Waals surface area (Å²) in [5, 5.41) is 0. The molecule has 9 heteroatoms. The number of pyridine rings is 2. The summed E-state index contributed by atoms with van der Waals surface area (Å²) < 4.78 is 1.82. The molecule has 5 aromatic rings. The van der Waals surface area contributed by atoms with Crippen LogP contribution >= 0.6 is 0 Å². The Bertz CT molecular complexity index is 1530. The second kappa shape index (κ2) is 8.59. The number of hydrogen-bond donors (Lipinski definition) is 1. The molecule has 35 heavy (non-hydrogen) atoms. The number of benzene rings is 1. The van der Waals surface area contributed by atoms with Crippen molar-refractivity contribution in [3.63, 3.8) is 0 Å². The molecule has 0 amide bonds. The van der Waals surface area contributed by atoms with Crippen molar-refractivity contribution in [3.8, 4) is 5.82 Å². The van der Waals surface area contributed by atoms with Crippen LogP contribution in [0.5, 0.6) is 0 Å². The van der Waals surface area contributed by atoms with Gasteiger partial charge in [0.2, 0.25) is 5.78 Å². The van der Waals surface area contributed by atoms with E-state index in [1.807, 2.05) is 22.8 Å². The number of anilines is 1. The maximum atomic E-state index is 13.3. The molecule has 1 N–H and O–H groups in total. The van der Waals surface area contributed by atoms with Crippen LogP contribution in [0.25, 0.3) is 28.0 Å². The van der Waals surface area contributed by atoms with Crippen LogP contribution in [0.1, 0.15) is 29.0 Å². The Morgan fingerprint density at radius 2 is 1.89 bits per heavy atom. The van der Waals surface area contributed by atoms with Crippen LogP contribution in [0.4, 0.5) is 5.69 Å². The number of carbonyl (C=O) groups is 1. The van der Waals surface area contributed by atoms with Crippen LogP contribution in [-0.2, 0) is 0 Å². The lowest BCUT2D eigenvalue weighted by molar-refractivity contribution is 0.103. The first-order valence-corrected chi connectivity index (χ1v) is 11.8. The minimum Gasteiger partial charge on any atom is -0.371 e. The third-order valence-corrected chi connectivity index (χ3v) is 6.82. The number of ketones is 1. The molecule has 1 aromatic carbocycles. The number of fused-ring (bicyclic) bond motifs is 2. The molecule has 176 valence electrons. The van der Waals surface area contributed by atoms with Gasteiger partial charge in [0, 0.05) is 42.8 Å². The number of hydrogen-bond acceptors (Lipinski definition) is 7. The summed E-state index contributed by atoms with van der Waals surface area (Å²) in [6.07, 6.45) is 7.28. The molecular formula is C26H26N8O. The van der Waals surface area contributed by atoms with Crippen molar-refractivity contribution in [2.75, 3.05) is 32.1 Å². The molecule has 0 radical (unpaired) electrons. The Hall–Kier alpha value is -4.11. The largest absolute Gasteiger partial charge is 0.371 e. The third-order valence-electron chi connectivity index (χ3n) is 6.82. The number of aromatic amines is 1. The van der Waals surface area contributed by atoms with E-state index in [0.717, 1.165) is 48.2 Å². The van der Waals surface area contributed by atoms with E-state index in [2.05, 4.69) is 60.9 Å². The second-order valence-corrected chi connectivity index (χ2v) is 9.16. The molecule has 1 aliphatic heterocycles. The molecule has 1 saturated heterocycles. The molecule has 0 spiro atoms. The van der Waals surface area contributed by atoms with Gasteiger partial charge in [-0.05, 0) is 69.4 Å². The highest BCUT2D eigenvalue weighted by Crippen LogP contribution is 2.26. The third kappa shape index (κ3) is 3.93. The van der Waals surface area contributed by atoms with Crippen LogP contribution in [0, 0.1) is 0 Å². The standard InChI is InChI=1S/C26H26N8O/c1-32(2)18-8-12-33(13-9-18)19-5-6-20-21(15-19)31-26(30-20)24(35)17-7-11-27-23(14-17)34-16-29-25-22(34)4-3-10-28-25/h3-7,10-11,14-16,18H,8-9,12-13H2,1-2H3,(H,30,31). The minimum atomic E-state index is -0.180. The summed E-state index contributed by atoms with van der Waals surface area (Å²) in [5.74, 6) is 0.740. The van der Waals surface area contributed by atoms with Crippen LogP contribution in [0.2, 0.25) is 0 Å². The summed E-state index contributed by atoms with van der Waals surface area (Å²) in [4.78, 5) is 38.9. The van der Waals surface area contributed by atoms with Crippen LogP contribution < -0.4 is 4.90 Å². The highest BCUT2D eigenvalue weighted by atomic mass is 16.1. The average molecular weight is 467 g/mol. The fourth-order valence-corrected chi connectivity index (χ4v) is 4.80. The summed E-state index contributed by atoms with van der Waals surface area (Å²) in [7, 11) is 4.30. The van der Waals surface area contributed by atoms with E-state index in [-0.39, 0.29) is 5.78 Å². The van der Waals surface area contributed by atoms with Crippen molar-refractivity contribution in [2.24, 2.45) is 0 Å². The van der Waals surface area contributed by atoms with Crippen molar-refractivity contribution >= 4 is 33.7 Å². The van der Waals surface area contributed by atoms with Gasteiger partial charge in [0.15, 0.2) is 11.5 Å². The lowest BCUT2D eigenvalue weighted by Gasteiger charge is -2.36. The first-order chi connectivity index (χ1) is 17.1. The molecule has 0 aliphatic carbocycles. The number of carbonyl (C=O) groups excluding carboxylic acids is 1. The Morgan fingerprint density at radius 3 is 2.71 bits per heavy atom. The molecule has 5 heterocycles. The normalized spacial score (nSPS) is 14.9. The zero-order valence-corrected chi connectivity index (χ0v) is 19.7. The van der Waals surface area contributed by atoms with E-state index in [0.29, 0.717) is 28.9 Å². The fraction of sp³-hybridized carbons (Fsp3) is 0.269. The Kier molecular flexibility index (Phi) is 5.26. The molecule has 0 atom stereocenters. The zero-order valence-electron chi connectivity index (χ0n) is 19.7. The van der Waals surface area contributed by atoms with Crippen molar-refractivity contribution in [1.29, 1.82) is 0 Å². The van der Waals surface area contributed by atoms with Gasteiger partial charge in [-0.15, -0.1) is 0 Å². The molecule has 0 bridgehead atoms. The van der Waals surface area contributed by atoms with Crippen molar-refractivity contribution < 1.29 is 4.79 Å². The number of rotatable bonds is 5. The monoisotopic (exact) mass is 466 g/mol. The number of nitrogens with one attached hydrogen (secondary N) is 1. The lowest BCUT2D eigenvalue weighted by Crippen LogP contribution is -2.41. The van der Waals surface area contributed by atoms with Gasteiger partial charge in [-0.2, -0.15) is 0 Å².